The lowest BCUT2D eigenvalue weighted by atomic mass is 9.81. The van der Waals surface area contributed by atoms with Crippen LogP contribution < -0.4 is 0 Å². The summed E-state index contributed by atoms with van der Waals surface area (Å²) in [5, 5.41) is 15.4. The largest absolute Gasteiger partial charge is 0.610 e. The lowest BCUT2D eigenvalue weighted by molar-refractivity contribution is -0.123. The molecule has 1 saturated carbocycles. The molecule has 2 atom stereocenters. The predicted octanol–water partition coefficient (Wildman–Crippen LogP) is 2.19. The molecule has 2 unspecified atom stereocenters. The van der Waals surface area contributed by atoms with Gasteiger partial charge in [0.15, 0.2) is 11.6 Å². The van der Waals surface area contributed by atoms with Gasteiger partial charge in [-0.15, -0.1) is 0 Å². The van der Waals surface area contributed by atoms with Gasteiger partial charge in [0.1, 0.15) is 12.0 Å². The minimum atomic E-state index is -1.25. The van der Waals surface area contributed by atoms with E-state index in [9.17, 15) is 19.2 Å². The predicted molar refractivity (Wildman–Crippen MR) is 89.3 cm³/mol. The van der Waals surface area contributed by atoms with Crippen LogP contribution in [-0.4, -0.2) is 37.3 Å². The maximum atomic E-state index is 12.5. The average Bonchev–Trinajstić information content (AvgIpc) is 3.29. The van der Waals surface area contributed by atoms with E-state index in [-0.39, 0.29) is 47.6 Å². The highest BCUT2D eigenvalue weighted by atomic mass is 32.2. The van der Waals surface area contributed by atoms with E-state index >= 15 is 0 Å². The Morgan fingerprint density at radius 2 is 2.08 bits per heavy atom. The number of rotatable bonds is 5. The van der Waals surface area contributed by atoms with Gasteiger partial charge in [0.2, 0.25) is 5.03 Å². The van der Waals surface area contributed by atoms with Crippen LogP contribution in [0.4, 0.5) is 0 Å². The van der Waals surface area contributed by atoms with Crippen LogP contribution in [0, 0.1) is 12.8 Å². The van der Waals surface area contributed by atoms with Crippen LogP contribution in [0.15, 0.2) is 16.4 Å². The van der Waals surface area contributed by atoms with Gasteiger partial charge in [-0.2, -0.15) is 5.10 Å². The number of carbonyl (C=O) groups excluding carboxylic acids is 2. The topological polar surface area (TPSA) is 95.2 Å². The van der Waals surface area contributed by atoms with E-state index in [0.29, 0.717) is 11.6 Å². The normalized spacial score (nSPS) is 22.8. The molecule has 1 heterocycles. The maximum absolute atomic E-state index is 12.5. The summed E-state index contributed by atoms with van der Waals surface area (Å²) in [6.45, 7) is 4.33. The Morgan fingerprint density at radius 3 is 2.58 bits per heavy atom. The smallest absolute Gasteiger partial charge is 0.246 e. The first-order valence-electron chi connectivity index (χ1n) is 8.25. The number of nitrogens with zero attached hydrogens (tertiary/aromatic N) is 2. The highest BCUT2D eigenvalue weighted by Crippen LogP contribution is 2.41. The van der Waals surface area contributed by atoms with Crippen LogP contribution in [0.2, 0.25) is 0 Å². The zero-order chi connectivity index (χ0) is 17.6. The molecule has 130 valence electrons. The molecule has 1 fully saturated rings. The van der Waals surface area contributed by atoms with Crippen molar-refractivity contribution in [1.82, 2.24) is 9.78 Å². The molecule has 0 aliphatic heterocycles. The number of aryl methyl sites for hydroxylation is 2. The number of allylic oxidation sites excluding steroid dienone is 2. The number of hydrogen-bond donors (Lipinski definition) is 1. The summed E-state index contributed by atoms with van der Waals surface area (Å²) in [5.74, 6) is -1.02. The van der Waals surface area contributed by atoms with Gasteiger partial charge in [-0.3, -0.25) is 9.59 Å². The van der Waals surface area contributed by atoms with Crippen molar-refractivity contribution >= 4 is 22.7 Å². The number of carbonyl (C=O) groups is 2. The van der Waals surface area contributed by atoms with E-state index in [1.165, 1.54) is 0 Å². The van der Waals surface area contributed by atoms with Crippen LogP contribution in [-0.2, 0) is 27.3 Å². The molecule has 1 N–H and O–H groups in total. The summed E-state index contributed by atoms with van der Waals surface area (Å²) < 4.78 is 13.9. The van der Waals surface area contributed by atoms with Crippen molar-refractivity contribution in [2.75, 3.05) is 6.26 Å². The Balaban J connectivity index is 1.97. The van der Waals surface area contributed by atoms with E-state index in [0.717, 1.165) is 24.1 Å². The Bertz CT molecular complexity index is 731. The molecular formula is C17H22N2O4S. The van der Waals surface area contributed by atoms with Crippen molar-refractivity contribution < 1.29 is 19.2 Å². The number of aliphatic hydroxyl groups is 1. The van der Waals surface area contributed by atoms with Crippen LogP contribution in [0.5, 0.6) is 0 Å². The fourth-order valence-corrected chi connectivity index (χ4v) is 4.58. The highest BCUT2D eigenvalue weighted by molar-refractivity contribution is 7.90. The van der Waals surface area contributed by atoms with Gasteiger partial charge in [-0.25, -0.2) is 4.68 Å². The minimum Gasteiger partial charge on any atom is -0.610 e. The number of ketones is 2. The summed E-state index contributed by atoms with van der Waals surface area (Å²) >= 11 is -1.25. The molecule has 0 aromatic carbocycles. The summed E-state index contributed by atoms with van der Waals surface area (Å²) in [6, 6.07) is 0. The third kappa shape index (κ3) is 2.91. The van der Waals surface area contributed by atoms with Crippen LogP contribution in [0.3, 0.4) is 0 Å². The lowest BCUT2D eigenvalue weighted by Crippen LogP contribution is -2.25. The molecule has 0 radical (unpaired) electrons. The summed E-state index contributed by atoms with van der Waals surface area (Å²) in [7, 11) is 0. The average molecular weight is 350 g/mol. The van der Waals surface area contributed by atoms with Gasteiger partial charge in [0.25, 0.3) is 0 Å². The van der Waals surface area contributed by atoms with Crippen molar-refractivity contribution in [3.8, 4) is 0 Å². The van der Waals surface area contributed by atoms with E-state index in [2.05, 4.69) is 5.10 Å². The zero-order valence-electron chi connectivity index (χ0n) is 14.2. The molecule has 6 nitrogen and oxygen atoms in total. The summed E-state index contributed by atoms with van der Waals surface area (Å²) in [6.07, 6.45) is 3.56. The third-order valence-corrected chi connectivity index (χ3v) is 5.71. The fourth-order valence-electron chi connectivity index (χ4n) is 3.49. The molecule has 1 aromatic heterocycles. The molecule has 2 aliphatic carbocycles. The first-order chi connectivity index (χ1) is 11.3. The second-order valence-corrected chi connectivity index (χ2v) is 7.86. The van der Waals surface area contributed by atoms with Crippen molar-refractivity contribution in [3.63, 3.8) is 0 Å². The van der Waals surface area contributed by atoms with Crippen LogP contribution in [0.1, 0.15) is 49.8 Å². The van der Waals surface area contributed by atoms with Gasteiger partial charge in [0, 0.05) is 42.4 Å². The van der Waals surface area contributed by atoms with Gasteiger partial charge in [0.05, 0.1) is 16.8 Å². The Labute approximate surface area is 144 Å². The quantitative estimate of drug-likeness (QED) is 0.649. The van der Waals surface area contributed by atoms with Gasteiger partial charge < -0.3 is 9.66 Å². The Kier molecular flexibility index (Phi) is 4.57. The maximum Gasteiger partial charge on any atom is 0.246 e. The van der Waals surface area contributed by atoms with Crippen LogP contribution >= 0.6 is 0 Å². The SMILES string of the molecule is CCn1nc(C)c(C2CC(=O)C(C(=O)C3CC3)=C(O)C2)c1[S+](C)[O-]. The second-order valence-electron chi connectivity index (χ2n) is 6.56. The fraction of sp³-hybridized carbons (Fsp3) is 0.588. The highest BCUT2D eigenvalue weighted by Gasteiger charge is 2.41. The molecule has 0 bridgehead atoms. The third-order valence-electron chi connectivity index (χ3n) is 4.74. The summed E-state index contributed by atoms with van der Waals surface area (Å²) in [5.41, 5.74) is 1.49. The number of Topliss-reactive ketones (excluding diaryl/α,β-unsaturated/α-hetero) is 2. The molecule has 3 rings (SSSR count). The van der Waals surface area contributed by atoms with E-state index < -0.39 is 11.2 Å². The van der Waals surface area contributed by atoms with E-state index in [1.54, 1.807) is 10.9 Å². The van der Waals surface area contributed by atoms with Gasteiger partial charge >= 0.3 is 0 Å². The molecular weight excluding hydrogens is 328 g/mol. The van der Waals surface area contributed by atoms with Gasteiger partial charge in [-0.05, 0) is 26.7 Å². The van der Waals surface area contributed by atoms with Crippen molar-refractivity contribution in [3.05, 3.63) is 22.6 Å². The van der Waals surface area contributed by atoms with Gasteiger partial charge in [-0.1, -0.05) is 0 Å². The monoisotopic (exact) mass is 350 g/mol. The number of hydrogen-bond acceptors (Lipinski definition) is 5. The second kappa shape index (κ2) is 6.37. The lowest BCUT2D eigenvalue weighted by Gasteiger charge is -2.23. The zero-order valence-corrected chi connectivity index (χ0v) is 15.0. The number of aromatic nitrogens is 2. The molecule has 1 aromatic rings. The molecule has 0 amide bonds. The van der Waals surface area contributed by atoms with Crippen LogP contribution in [0.25, 0.3) is 0 Å². The Morgan fingerprint density at radius 1 is 1.42 bits per heavy atom. The Hall–Kier alpha value is -1.60. The molecule has 0 spiro atoms. The first kappa shape index (κ1) is 17.2. The summed E-state index contributed by atoms with van der Waals surface area (Å²) in [4.78, 5) is 24.7. The van der Waals surface area contributed by atoms with E-state index in [1.807, 2.05) is 13.8 Å². The standard InChI is InChI=1S/C17H22N2O4S/c1-4-19-17(24(3)23)14(9(2)18-19)11-7-12(20)15(13(21)8-11)16(22)10-5-6-10/h10-11,20H,4-8H2,1-3H3. The van der Waals surface area contributed by atoms with Crippen molar-refractivity contribution in [2.45, 2.75) is 57.0 Å². The molecule has 2 aliphatic rings. The molecule has 24 heavy (non-hydrogen) atoms. The minimum absolute atomic E-state index is 0.00606. The first-order valence-corrected chi connectivity index (χ1v) is 9.81. The van der Waals surface area contributed by atoms with Crippen molar-refractivity contribution in [1.29, 1.82) is 0 Å². The van der Waals surface area contributed by atoms with E-state index in [4.69, 9.17) is 0 Å². The molecule has 7 heteroatoms. The van der Waals surface area contributed by atoms with Crippen molar-refractivity contribution in [2.24, 2.45) is 5.92 Å². The molecule has 0 saturated heterocycles. The number of aliphatic hydroxyl groups excluding tert-OH is 1.